The van der Waals surface area contributed by atoms with E-state index in [1.807, 2.05) is 29.9 Å². The molecule has 0 atom stereocenters. The second-order valence-corrected chi connectivity index (χ2v) is 6.67. The Morgan fingerprint density at radius 2 is 1.91 bits per heavy atom. The van der Waals surface area contributed by atoms with Gasteiger partial charge in [0.15, 0.2) is 5.76 Å². The average molecular weight is 322 g/mol. The van der Waals surface area contributed by atoms with Gasteiger partial charge in [0.05, 0.1) is 12.2 Å². The number of aromatic nitrogens is 2. The molecule has 0 spiro atoms. The SMILES string of the molecule is Cc1cc(CN2CCN(CCn3c(C)csc3=O)CC2)on1. The summed E-state index contributed by atoms with van der Waals surface area (Å²) >= 11 is 1.29. The Balaban J connectivity index is 1.45. The predicted octanol–water partition coefficient (Wildman–Crippen LogP) is 1.33. The van der Waals surface area contributed by atoms with Crippen LogP contribution in [0.25, 0.3) is 0 Å². The van der Waals surface area contributed by atoms with E-state index < -0.39 is 0 Å². The van der Waals surface area contributed by atoms with Crippen molar-refractivity contribution in [2.75, 3.05) is 32.7 Å². The molecule has 0 aliphatic carbocycles. The van der Waals surface area contributed by atoms with Crippen LogP contribution in [0.1, 0.15) is 17.1 Å². The number of rotatable bonds is 5. The fourth-order valence-corrected chi connectivity index (χ4v) is 3.56. The second-order valence-electron chi connectivity index (χ2n) is 5.85. The van der Waals surface area contributed by atoms with Crippen LogP contribution in [0.2, 0.25) is 0 Å². The molecule has 0 radical (unpaired) electrons. The summed E-state index contributed by atoms with van der Waals surface area (Å²) < 4.78 is 7.14. The molecule has 0 bridgehead atoms. The first-order chi connectivity index (χ1) is 10.6. The third-order valence-corrected chi connectivity index (χ3v) is 5.02. The number of piperazine rings is 1. The minimum Gasteiger partial charge on any atom is -0.360 e. The molecular weight excluding hydrogens is 300 g/mol. The summed E-state index contributed by atoms with van der Waals surface area (Å²) in [6.07, 6.45) is 0. The first-order valence-electron chi connectivity index (χ1n) is 7.63. The van der Waals surface area contributed by atoms with Crippen molar-refractivity contribution in [3.05, 3.63) is 38.3 Å². The van der Waals surface area contributed by atoms with Crippen LogP contribution in [0.3, 0.4) is 0 Å². The molecule has 1 saturated heterocycles. The lowest BCUT2D eigenvalue weighted by molar-refractivity contribution is 0.115. The van der Waals surface area contributed by atoms with Crippen molar-refractivity contribution in [2.24, 2.45) is 0 Å². The molecule has 3 heterocycles. The smallest absolute Gasteiger partial charge is 0.307 e. The molecule has 0 aromatic carbocycles. The van der Waals surface area contributed by atoms with E-state index >= 15 is 0 Å². The van der Waals surface area contributed by atoms with Crippen LogP contribution in [0, 0.1) is 13.8 Å². The Bertz CT molecular complexity index is 667. The summed E-state index contributed by atoms with van der Waals surface area (Å²) in [6, 6.07) is 2.00. The van der Waals surface area contributed by atoms with Crippen LogP contribution in [0.5, 0.6) is 0 Å². The Hall–Kier alpha value is -1.44. The van der Waals surface area contributed by atoms with E-state index in [0.717, 1.165) is 63.0 Å². The molecular formula is C15H22N4O2S. The third-order valence-electron chi connectivity index (χ3n) is 4.14. The van der Waals surface area contributed by atoms with Crippen LogP contribution in [-0.4, -0.2) is 52.2 Å². The molecule has 22 heavy (non-hydrogen) atoms. The van der Waals surface area contributed by atoms with E-state index in [-0.39, 0.29) is 4.87 Å². The Kier molecular flexibility index (Phi) is 4.75. The van der Waals surface area contributed by atoms with Gasteiger partial charge in [0.1, 0.15) is 0 Å². The van der Waals surface area contributed by atoms with Gasteiger partial charge in [-0.3, -0.25) is 14.6 Å². The van der Waals surface area contributed by atoms with E-state index in [9.17, 15) is 4.79 Å². The molecule has 0 amide bonds. The summed E-state index contributed by atoms with van der Waals surface area (Å²) in [5, 5.41) is 5.86. The van der Waals surface area contributed by atoms with Crippen molar-refractivity contribution < 1.29 is 4.52 Å². The number of hydrogen-bond acceptors (Lipinski definition) is 6. The Labute approximate surface area is 133 Å². The summed E-state index contributed by atoms with van der Waals surface area (Å²) in [5.74, 6) is 0.936. The first-order valence-corrected chi connectivity index (χ1v) is 8.51. The standard InChI is InChI=1S/C15H22N4O2S/c1-12-9-14(21-16-12)10-18-5-3-17(4-6-18)7-8-19-13(2)11-22-15(19)20/h9,11H,3-8,10H2,1-2H3. The zero-order valence-corrected chi connectivity index (χ0v) is 13.9. The maximum Gasteiger partial charge on any atom is 0.307 e. The van der Waals surface area contributed by atoms with Gasteiger partial charge in [0.25, 0.3) is 0 Å². The normalized spacial score (nSPS) is 17.2. The number of nitrogens with zero attached hydrogens (tertiary/aromatic N) is 4. The van der Waals surface area contributed by atoms with Crippen LogP contribution in [0.4, 0.5) is 0 Å². The van der Waals surface area contributed by atoms with Gasteiger partial charge in [-0.25, -0.2) is 0 Å². The van der Waals surface area contributed by atoms with Gasteiger partial charge in [-0.15, -0.1) is 0 Å². The monoisotopic (exact) mass is 322 g/mol. The lowest BCUT2D eigenvalue weighted by Crippen LogP contribution is -2.47. The van der Waals surface area contributed by atoms with E-state index in [2.05, 4.69) is 15.0 Å². The zero-order chi connectivity index (χ0) is 15.5. The largest absolute Gasteiger partial charge is 0.360 e. The molecule has 0 unspecified atom stereocenters. The minimum atomic E-state index is 0.150. The fourth-order valence-electron chi connectivity index (χ4n) is 2.80. The number of aryl methyl sites for hydroxylation is 2. The molecule has 0 N–H and O–H groups in total. The minimum absolute atomic E-state index is 0.150. The van der Waals surface area contributed by atoms with Crippen LogP contribution in [-0.2, 0) is 13.1 Å². The highest BCUT2D eigenvalue weighted by atomic mass is 32.1. The van der Waals surface area contributed by atoms with Gasteiger partial charge in [-0.05, 0) is 13.8 Å². The molecule has 1 aliphatic heterocycles. The molecule has 1 aliphatic rings. The van der Waals surface area contributed by atoms with Crippen molar-refractivity contribution in [2.45, 2.75) is 26.9 Å². The number of hydrogen-bond donors (Lipinski definition) is 0. The molecule has 6 nitrogen and oxygen atoms in total. The van der Waals surface area contributed by atoms with Gasteiger partial charge in [0, 0.05) is 56.4 Å². The Morgan fingerprint density at radius 1 is 1.18 bits per heavy atom. The van der Waals surface area contributed by atoms with Crippen molar-refractivity contribution >= 4 is 11.3 Å². The van der Waals surface area contributed by atoms with E-state index in [4.69, 9.17) is 4.52 Å². The highest BCUT2D eigenvalue weighted by molar-refractivity contribution is 7.07. The molecule has 120 valence electrons. The fraction of sp³-hybridized carbons (Fsp3) is 0.600. The predicted molar refractivity (Wildman–Crippen MR) is 86.3 cm³/mol. The van der Waals surface area contributed by atoms with E-state index in [1.54, 1.807) is 0 Å². The molecule has 0 saturated carbocycles. The third kappa shape index (κ3) is 3.66. The van der Waals surface area contributed by atoms with Crippen LogP contribution in [0.15, 0.2) is 20.8 Å². The molecule has 7 heteroatoms. The van der Waals surface area contributed by atoms with Crippen molar-refractivity contribution in [3.8, 4) is 0 Å². The van der Waals surface area contributed by atoms with Crippen molar-refractivity contribution in [1.82, 2.24) is 19.5 Å². The highest BCUT2D eigenvalue weighted by Gasteiger charge is 2.18. The summed E-state index contributed by atoms with van der Waals surface area (Å²) in [7, 11) is 0. The van der Waals surface area contributed by atoms with Gasteiger partial charge in [-0.2, -0.15) is 0 Å². The summed E-state index contributed by atoms with van der Waals surface area (Å²) in [5.41, 5.74) is 2.00. The quantitative estimate of drug-likeness (QED) is 0.831. The zero-order valence-electron chi connectivity index (χ0n) is 13.1. The maximum absolute atomic E-state index is 11.7. The van der Waals surface area contributed by atoms with Crippen molar-refractivity contribution in [3.63, 3.8) is 0 Å². The topological polar surface area (TPSA) is 54.5 Å². The van der Waals surface area contributed by atoms with Crippen LogP contribution >= 0.6 is 11.3 Å². The lowest BCUT2D eigenvalue weighted by atomic mass is 10.3. The van der Waals surface area contributed by atoms with Gasteiger partial charge in [-0.1, -0.05) is 16.5 Å². The Morgan fingerprint density at radius 3 is 2.50 bits per heavy atom. The molecule has 2 aromatic rings. The van der Waals surface area contributed by atoms with Gasteiger partial charge >= 0.3 is 4.87 Å². The lowest BCUT2D eigenvalue weighted by Gasteiger charge is -2.34. The van der Waals surface area contributed by atoms with Gasteiger partial charge in [0.2, 0.25) is 0 Å². The molecule has 3 rings (SSSR count). The summed E-state index contributed by atoms with van der Waals surface area (Å²) in [6.45, 7) is 10.6. The second kappa shape index (κ2) is 6.76. The van der Waals surface area contributed by atoms with E-state index in [0.29, 0.717) is 0 Å². The maximum atomic E-state index is 11.7. The van der Waals surface area contributed by atoms with Crippen LogP contribution < -0.4 is 4.87 Å². The average Bonchev–Trinajstić information content (AvgIpc) is 3.05. The molecule has 2 aromatic heterocycles. The number of thiazole rings is 1. The first kappa shape index (κ1) is 15.5. The molecule has 1 fully saturated rings. The van der Waals surface area contributed by atoms with E-state index in [1.165, 1.54) is 11.3 Å². The van der Waals surface area contributed by atoms with Gasteiger partial charge < -0.3 is 9.09 Å². The summed E-state index contributed by atoms with van der Waals surface area (Å²) in [4.78, 5) is 16.7. The van der Waals surface area contributed by atoms with Crippen molar-refractivity contribution in [1.29, 1.82) is 0 Å². The highest BCUT2D eigenvalue weighted by Crippen LogP contribution is 2.10.